The van der Waals surface area contributed by atoms with Crippen LogP contribution in [0.4, 0.5) is 0 Å². The van der Waals surface area contributed by atoms with Gasteiger partial charge in [-0.05, 0) is 30.6 Å². The van der Waals surface area contributed by atoms with E-state index in [0.29, 0.717) is 11.7 Å². The third kappa shape index (κ3) is 14.5. The third-order valence-electron chi connectivity index (χ3n) is 5.37. The molecular formula is C24H50O. The lowest BCUT2D eigenvalue weighted by Crippen LogP contribution is -2.22. The molecule has 1 fully saturated rings. The number of Topliss-reactive ketones (excluding diaryl/α,β-unsaturated/α-hetero) is 1. The lowest BCUT2D eigenvalue weighted by molar-refractivity contribution is -0.124. The van der Waals surface area contributed by atoms with E-state index in [1.807, 2.05) is 34.6 Å². The monoisotopic (exact) mass is 354 g/mol. The van der Waals surface area contributed by atoms with Crippen LogP contribution in [0.3, 0.4) is 0 Å². The van der Waals surface area contributed by atoms with Gasteiger partial charge in [-0.2, -0.15) is 0 Å². The molecule has 0 aliphatic heterocycles. The highest BCUT2D eigenvalue weighted by atomic mass is 16.1. The zero-order valence-electron chi connectivity index (χ0n) is 19.0. The minimum Gasteiger partial charge on any atom is -0.299 e. The van der Waals surface area contributed by atoms with Crippen molar-refractivity contribution in [2.45, 2.75) is 126 Å². The second-order valence-electron chi connectivity index (χ2n) is 7.91. The van der Waals surface area contributed by atoms with Crippen molar-refractivity contribution in [1.82, 2.24) is 0 Å². The fourth-order valence-corrected chi connectivity index (χ4v) is 3.91. The molecule has 3 unspecified atom stereocenters. The van der Waals surface area contributed by atoms with E-state index in [2.05, 4.69) is 20.8 Å². The Bertz CT molecular complexity index is 282. The topological polar surface area (TPSA) is 17.1 Å². The van der Waals surface area contributed by atoms with E-state index in [1.54, 1.807) is 0 Å². The maximum Gasteiger partial charge on any atom is 0.135 e. The Morgan fingerprint density at radius 3 is 2.08 bits per heavy atom. The zero-order valence-corrected chi connectivity index (χ0v) is 19.0. The molecule has 0 saturated heterocycles. The first kappa shape index (κ1) is 26.9. The molecule has 1 aliphatic rings. The summed E-state index contributed by atoms with van der Waals surface area (Å²) in [5.74, 6) is 3.49. The van der Waals surface area contributed by atoms with Crippen molar-refractivity contribution >= 4 is 5.78 Å². The fourth-order valence-electron chi connectivity index (χ4n) is 3.91. The van der Waals surface area contributed by atoms with Crippen LogP contribution in [0.1, 0.15) is 126 Å². The minimum absolute atomic E-state index is 0.400. The first-order chi connectivity index (χ1) is 12.0. The average Bonchev–Trinajstić information content (AvgIpc) is 2.64. The molecule has 0 aromatic heterocycles. The third-order valence-corrected chi connectivity index (χ3v) is 5.37. The van der Waals surface area contributed by atoms with Crippen LogP contribution in [-0.2, 0) is 4.79 Å². The maximum absolute atomic E-state index is 11.9. The Balaban J connectivity index is 0. The molecule has 1 heteroatoms. The van der Waals surface area contributed by atoms with Crippen LogP contribution < -0.4 is 0 Å². The molecule has 0 N–H and O–H groups in total. The summed E-state index contributed by atoms with van der Waals surface area (Å²) < 4.78 is 0. The first-order valence-corrected chi connectivity index (χ1v) is 11.6. The number of rotatable bonds is 10. The SMILES string of the molecule is CC.CC.CCC(=O)C1CCCC(CCCC(C)CCCC(C)C)C1. The molecule has 1 rings (SSSR count). The van der Waals surface area contributed by atoms with Crippen molar-refractivity contribution in [2.24, 2.45) is 23.7 Å². The van der Waals surface area contributed by atoms with Crippen LogP contribution in [0.25, 0.3) is 0 Å². The van der Waals surface area contributed by atoms with E-state index in [1.165, 1.54) is 57.8 Å². The van der Waals surface area contributed by atoms with Crippen molar-refractivity contribution in [3.05, 3.63) is 0 Å². The predicted molar refractivity (Wildman–Crippen MR) is 115 cm³/mol. The summed E-state index contributed by atoms with van der Waals surface area (Å²) in [6.07, 6.45) is 14.1. The molecule has 3 atom stereocenters. The average molecular weight is 355 g/mol. The molecule has 0 radical (unpaired) electrons. The highest BCUT2D eigenvalue weighted by Crippen LogP contribution is 2.33. The van der Waals surface area contributed by atoms with Gasteiger partial charge >= 0.3 is 0 Å². The van der Waals surface area contributed by atoms with Crippen molar-refractivity contribution < 1.29 is 4.79 Å². The molecule has 152 valence electrons. The van der Waals surface area contributed by atoms with E-state index in [0.717, 1.165) is 30.6 Å². The first-order valence-electron chi connectivity index (χ1n) is 11.6. The smallest absolute Gasteiger partial charge is 0.135 e. The van der Waals surface area contributed by atoms with Gasteiger partial charge in [0.05, 0.1) is 0 Å². The van der Waals surface area contributed by atoms with Gasteiger partial charge in [-0.1, -0.05) is 107 Å². The van der Waals surface area contributed by atoms with Crippen molar-refractivity contribution in [3.63, 3.8) is 0 Å². The molecule has 0 aromatic rings. The molecule has 0 amide bonds. The molecule has 1 saturated carbocycles. The molecular weight excluding hydrogens is 304 g/mol. The second-order valence-corrected chi connectivity index (χ2v) is 7.91. The van der Waals surface area contributed by atoms with Gasteiger partial charge < -0.3 is 0 Å². The minimum atomic E-state index is 0.400. The van der Waals surface area contributed by atoms with Crippen molar-refractivity contribution in [3.8, 4) is 0 Å². The van der Waals surface area contributed by atoms with Gasteiger partial charge in [0, 0.05) is 12.3 Å². The Morgan fingerprint density at radius 2 is 1.52 bits per heavy atom. The van der Waals surface area contributed by atoms with Crippen LogP contribution in [0, 0.1) is 23.7 Å². The van der Waals surface area contributed by atoms with E-state index in [-0.39, 0.29) is 0 Å². The largest absolute Gasteiger partial charge is 0.299 e. The highest BCUT2D eigenvalue weighted by Gasteiger charge is 2.25. The Hall–Kier alpha value is -0.330. The van der Waals surface area contributed by atoms with E-state index in [4.69, 9.17) is 0 Å². The van der Waals surface area contributed by atoms with E-state index in [9.17, 15) is 4.79 Å². The van der Waals surface area contributed by atoms with Crippen LogP contribution in [0.5, 0.6) is 0 Å². The number of carbonyl (C=O) groups is 1. The standard InChI is InChI=1S/C20H38O.2C2H6/c1-5-20(21)19-14-8-13-18(15-19)12-7-11-17(4)10-6-9-16(2)3;2*1-2/h16-19H,5-15H2,1-4H3;2*1-2H3. The second kappa shape index (κ2) is 18.5. The summed E-state index contributed by atoms with van der Waals surface area (Å²) in [6, 6.07) is 0. The Morgan fingerprint density at radius 1 is 0.920 bits per heavy atom. The van der Waals surface area contributed by atoms with Crippen LogP contribution >= 0.6 is 0 Å². The van der Waals surface area contributed by atoms with Gasteiger partial charge in [0.2, 0.25) is 0 Å². The van der Waals surface area contributed by atoms with Crippen LogP contribution in [0.15, 0.2) is 0 Å². The molecule has 0 spiro atoms. The van der Waals surface area contributed by atoms with Gasteiger partial charge in [0.25, 0.3) is 0 Å². The highest BCUT2D eigenvalue weighted by molar-refractivity contribution is 5.80. The van der Waals surface area contributed by atoms with E-state index >= 15 is 0 Å². The fraction of sp³-hybridized carbons (Fsp3) is 0.958. The Labute approximate surface area is 160 Å². The summed E-state index contributed by atoms with van der Waals surface area (Å²) in [4.78, 5) is 11.9. The van der Waals surface area contributed by atoms with Crippen molar-refractivity contribution in [1.29, 1.82) is 0 Å². The lowest BCUT2D eigenvalue weighted by atomic mass is 9.76. The van der Waals surface area contributed by atoms with Gasteiger partial charge in [-0.15, -0.1) is 0 Å². The van der Waals surface area contributed by atoms with Crippen LogP contribution in [0.2, 0.25) is 0 Å². The van der Waals surface area contributed by atoms with Gasteiger partial charge in [-0.3, -0.25) is 4.79 Å². The Kier molecular flexibility index (Phi) is 19.9. The summed E-state index contributed by atoms with van der Waals surface area (Å²) in [5, 5.41) is 0. The maximum atomic E-state index is 11.9. The molecule has 0 aromatic carbocycles. The van der Waals surface area contributed by atoms with Crippen LogP contribution in [-0.4, -0.2) is 5.78 Å². The quantitative estimate of drug-likeness (QED) is 0.384. The summed E-state index contributed by atoms with van der Waals surface area (Å²) in [5.41, 5.74) is 0. The number of carbonyl (C=O) groups excluding carboxylic acids is 1. The molecule has 0 heterocycles. The van der Waals surface area contributed by atoms with Gasteiger partial charge in [0.15, 0.2) is 0 Å². The predicted octanol–water partition coefficient (Wildman–Crippen LogP) is 8.46. The zero-order chi connectivity index (χ0) is 19.7. The van der Waals surface area contributed by atoms with E-state index < -0.39 is 0 Å². The van der Waals surface area contributed by atoms with Crippen molar-refractivity contribution in [2.75, 3.05) is 0 Å². The molecule has 1 aliphatic carbocycles. The number of ketones is 1. The number of hydrogen-bond acceptors (Lipinski definition) is 1. The van der Waals surface area contributed by atoms with Gasteiger partial charge in [-0.25, -0.2) is 0 Å². The van der Waals surface area contributed by atoms with Gasteiger partial charge in [0.1, 0.15) is 5.78 Å². The summed E-state index contributed by atoms with van der Waals surface area (Å²) in [7, 11) is 0. The summed E-state index contributed by atoms with van der Waals surface area (Å²) >= 11 is 0. The molecule has 1 nitrogen and oxygen atoms in total. The number of hydrogen-bond donors (Lipinski definition) is 0. The lowest BCUT2D eigenvalue weighted by Gasteiger charge is -2.28. The normalized spacial score (nSPS) is 20.8. The summed E-state index contributed by atoms with van der Waals surface area (Å²) in [6.45, 7) is 17.1. The molecule has 25 heavy (non-hydrogen) atoms. The molecule has 0 bridgehead atoms.